The predicted octanol–water partition coefficient (Wildman–Crippen LogP) is 2.45. The fourth-order valence-electron chi connectivity index (χ4n) is 4.60. The Morgan fingerprint density at radius 1 is 1.21 bits per heavy atom. The second kappa shape index (κ2) is 9.03. The molecular formula is C22H34N4O2. The summed E-state index contributed by atoms with van der Waals surface area (Å²) in [5.41, 5.74) is 1.28. The fraction of sp³-hybridized carbons (Fsp3) is 0.682. The molecule has 2 fully saturated rings. The Hall–Kier alpha value is -1.95. The van der Waals surface area contributed by atoms with Crippen LogP contribution in [0, 0.1) is 11.3 Å². The first kappa shape index (κ1) is 20.8. The van der Waals surface area contributed by atoms with Gasteiger partial charge < -0.3 is 15.1 Å². The molecule has 28 heavy (non-hydrogen) atoms. The molecule has 1 spiro atoms. The Bertz CT molecular complexity index is 668. The highest BCUT2D eigenvalue weighted by Crippen LogP contribution is 2.40. The number of aromatic nitrogens is 1. The summed E-state index contributed by atoms with van der Waals surface area (Å²) in [7, 11) is 1.88. The molecule has 0 radical (unpaired) electrons. The van der Waals surface area contributed by atoms with Gasteiger partial charge >= 0.3 is 0 Å². The lowest BCUT2D eigenvalue weighted by Gasteiger charge is -2.48. The topological polar surface area (TPSA) is 65.5 Å². The SMILES string of the molecule is CN[C@@H](CC(C)C)C(=O)N1CCC2(CCC(=O)N(Cc3ccncc3)C2)CC1. The maximum atomic E-state index is 12.9. The van der Waals surface area contributed by atoms with E-state index in [1.807, 2.05) is 29.0 Å². The van der Waals surface area contributed by atoms with Crippen molar-refractivity contribution >= 4 is 11.8 Å². The number of likely N-dealkylation sites (N-methyl/N-ethyl adjacent to an activating group) is 1. The van der Waals surface area contributed by atoms with Crippen LogP contribution in [0.25, 0.3) is 0 Å². The number of carbonyl (C=O) groups excluding carboxylic acids is 2. The van der Waals surface area contributed by atoms with E-state index in [4.69, 9.17) is 0 Å². The molecule has 0 bridgehead atoms. The van der Waals surface area contributed by atoms with Crippen LogP contribution < -0.4 is 5.32 Å². The summed E-state index contributed by atoms with van der Waals surface area (Å²) in [5, 5.41) is 3.19. The molecule has 3 rings (SSSR count). The minimum atomic E-state index is -0.0924. The predicted molar refractivity (Wildman–Crippen MR) is 109 cm³/mol. The number of piperidine rings is 2. The van der Waals surface area contributed by atoms with Crippen molar-refractivity contribution in [2.24, 2.45) is 11.3 Å². The Balaban J connectivity index is 1.59. The molecule has 154 valence electrons. The number of amides is 2. The van der Waals surface area contributed by atoms with Crippen LogP contribution in [0.3, 0.4) is 0 Å². The molecule has 1 aromatic heterocycles. The van der Waals surface area contributed by atoms with Crippen molar-refractivity contribution in [2.75, 3.05) is 26.7 Å². The summed E-state index contributed by atoms with van der Waals surface area (Å²) in [4.78, 5) is 33.4. The Kier molecular flexibility index (Phi) is 6.70. The quantitative estimate of drug-likeness (QED) is 0.816. The van der Waals surface area contributed by atoms with Crippen molar-refractivity contribution in [3.8, 4) is 0 Å². The number of likely N-dealkylation sites (tertiary alicyclic amines) is 2. The molecule has 1 atom stereocenters. The van der Waals surface area contributed by atoms with Crippen molar-refractivity contribution in [3.63, 3.8) is 0 Å². The maximum Gasteiger partial charge on any atom is 0.239 e. The van der Waals surface area contributed by atoms with Crippen LogP contribution in [0.15, 0.2) is 24.5 Å². The summed E-state index contributed by atoms with van der Waals surface area (Å²) >= 11 is 0. The largest absolute Gasteiger partial charge is 0.341 e. The highest BCUT2D eigenvalue weighted by atomic mass is 16.2. The normalized spacial score (nSPS) is 20.6. The molecule has 2 saturated heterocycles. The van der Waals surface area contributed by atoms with Crippen molar-refractivity contribution in [3.05, 3.63) is 30.1 Å². The van der Waals surface area contributed by atoms with Crippen molar-refractivity contribution in [2.45, 2.75) is 58.5 Å². The third-order valence-corrected chi connectivity index (χ3v) is 6.36. The van der Waals surface area contributed by atoms with Crippen LogP contribution in [0.2, 0.25) is 0 Å². The summed E-state index contributed by atoms with van der Waals surface area (Å²) in [5.74, 6) is 0.961. The van der Waals surface area contributed by atoms with Gasteiger partial charge in [0.1, 0.15) is 0 Å². The van der Waals surface area contributed by atoms with E-state index in [1.165, 1.54) is 0 Å². The van der Waals surface area contributed by atoms with E-state index in [2.05, 4.69) is 24.1 Å². The summed E-state index contributed by atoms with van der Waals surface area (Å²) < 4.78 is 0. The van der Waals surface area contributed by atoms with Crippen LogP contribution >= 0.6 is 0 Å². The molecule has 2 aliphatic rings. The van der Waals surface area contributed by atoms with Gasteiger partial charge in [-0.2, -0.15) is 0 Å². The second-order valence-corrected chi connectivity index (χ2v) is 8.90. The maximum absolute atomic E-state index is 12.9. The van der Waals surface area contributed by atoms with Crippen LogP contribution in [-0.4, -0.2) is 59.3 Å². The number of nitrogens with zero attached hydrogens (tertiary/aromatic N) is 3. The van der Waals surface area contributed by atoms with Gasteiger partial charge in [0.2, 0.25) is 11.8 Å². The van der Waals surface area contributed by atoms with Gasteiger partial charge in [-0.05, 0) is 61.8 Å². The first-order valence-electron chi connectivity index (χ1n) is 10.6. The zero-order valence-electron chi connectivity index (χ0n) is 17.5. The summed E-state index contributed by atoms with van der Waals surface area (Å²) in [6, 6.07) is 3.86. The minimum Gasteiger partial charge on any atom is -0.341 e. The van der Waals surface area contributed by atoms with E-state index in [9.17, 15) is 9.59 Å². The number of carbonyl (C=O) groups is 2. The monoisotopic (exact) mass is 386 g/mol. The van der Waals surface area contributed by atoms with E-state index < -0.39 is 0 Å². The molecule has 6 heteroatoms. The van der Waals surface area contributed by atoms with E-state index >= 15 is 0 Å². The molecule has 2 amide bonds. The van der Waals surface area contributed by atoms with Gasteiger partial charge in [-0.25, -0.2) is 0 Å². The molecule has 0 unspecified atom stereocenters. The Morgan fingerprint density at radius 2 is 1.89 bits per heavy atom. The standard InChI is InChI=1S/C22H34N4O2/c1-17(2)14-19(23-3)21(28)25-12-8-22(9-13-25)7-4-20(27)26(16-22)15-18-5-10-24-11-6-18/h5-6,10-11,17,19,23H,4,7-9,12-16H2,1-3H3/t19-/m0/s1. The van der Waals surface area contributed by atoms with E-state index in [0.29, 0.717) is 18.9 Å². The molecule has 2 aliphatic heterocycles. The van der Waals surface area contributed by atoms with Gasteiger partial charge in [-0.15, -0.1) is 0 Å². The first-order chi connectivity index (χ1) is 13.4. The third-order valence-electron chi connectivity index (χ3n) is 6.36. The van der Waals surface area contributed by atoms with Gasteiger partial charge in [0.15, 0.2) is 0 Å². The lowest BCUT2D eigenvalue weighted by atomic mass is 9.72. The van der Waals surface area contributed by atoms with Crippen LogP contribution in [-0.2, 0) is 16.1 Å². The number of pyridine rings is 1. The molecule has 1 aromatic rings. The summed E-state index contributed by atoms with van der Waals surface area (Å²) in [6.45, 7) is 7.36. The van der Waals surface area contributed by atoms with Crippen molar-refractivity contribution < 1.29 is 9.59 Å². The summed E-state index contributed by atoms with van der Waals surface area (Å²) in [6.07, 6.45) is 7.95. The van der Waals surface area contributed by atoms with Crippen LogP contribution in [0.5, 0.6) is 0 Å². The lowest BCUT2D eigenvalue weighted by Crippen LogP contribution is -2.54. The first-order valence-corrected chi connectivity index (χ1v) is 10.6. The fourth-order valence-corrected chi connectivity index (χ4v) is 4.60. The number of hydrogen-bond donors (Lipinski definition) is 1. The molecule has 0 aromatic carbocycles. The van der Waals surface area contributed by atoms with Crippen LogP contribution in [0.1, 0.15) is 51.5 Å². The van der Waals surface area contributed by atoms with Gasteiger partial charge in [0, 0.05) is 45.0 Å². The smallest absolute Gasteiger partial charge is 0.239 e. The second-order valence-electron chi connectivity index (χ2n) is 8.90. The van der Waals surface area contributed by atoms with Gasteiger partial charge in [-0.3, -0.25) is 14.6 Å². The highest BCUT2D eigenvalue weighted by Gasteiger charge is 2.42. The molecule has 1 N–H and O–H groups in total. The van der Waals surface area contributed by atoms with E-state index in [0.717, 1.165) is 50.9 Å². The average molecular weight is 387 g/mol. The number of hydrogen-bond acceptors (Lipinski definition) is 4. The van der Waals surface area contributed by atoms with Crippen molar-refractivity contribution in [1.29, 1.82) is 0 Å². The highest BCUT2D eigenvalue weighted by molar-refractivity contribution is 5.82. The number of nitrogens with one attached hydrogen (secondary N) is 1. The van der Waals surface area contributed by atoms with Crippen LogP contribution in [0.4, 0.5) is 0 Å². The Labute approximate surface area is 168 Å². The lowest BCUT2D eigenvalue weighted by molar-refractivity contribution is -0.144. The molecule has 6 nitrogen and oxygen atoms in total. The van der Waals surface area contributed by atoms with Gasteiger partial charge in [-0.1, -0.05) is 13.8 Å². The minimum absolute atomic E-state index is 0.0924. The average Bonchev–Trinajstić information content (AvgIpc) is 2.70. The molecule has 3 heterocycles. The third kappa shape index (κ3) is 4.90. The van der Waals surface area contributed by atoms with E-state index in [-0.39, 0.29) is 23.3 Å². The Morgan fingerprint density at radius 3 is 2.50 bits per heavy atom. The molecule has 0 aliphatic carbocycles. The van der Waals surface area contributed by atoms with Crippen molar-refractivity contribution in [1.82, 2.24) is 20.1 Å². The van der Waals surface area contributed by atoms with Gasteiger partial charge in [0.05, 0.1) is 6.04 Å². The molecule has 0 saturated carbocycles. The van der Waals surface area contributed by atoms with Gasteiger partial charge in [0.25, 0.3) is 0 Å². The van der Waals surface area contributed by atoms with E-state index in [1.54, 1.807) is 12.4 Å². The zero-order chi connectivity index (χ0) is 20.1. The number of rotatable bonds is 6. The zero-order valence-corrected chi connectivity index (χ0v) is 17.5. The molecular weight excluding hydrogens is 352 g/mol.